The molecular formula is C17H27NO. The molecule has 2 unspecified atom stereocenters. The maximum Gasteiger partial charge on any atom is 0.119 e. The zero-order valence-electron chi connectivity index (χ0n) is 12.9. The van der Waals surface area contributed by atoms with Gasteiger partial charge in [-0.2, -0.15) is 0 Å². The first kappa shape index (κ1) is 14.4. The largest absolute Gasteiger partial charge is 0.497 e. The van der Waals surface area contributed by atoms with Crippen LogP contribution in [0.3, 0.4) is 0 Å². The highest BCUT2D eigenvalue weighted by Gasteiger charge is 2.26. The number of benzene rings is 1. The fourth-order valence-electron chi connectivity index (χ4n) is 2.63. The molecule has 0 amide bonds. The molecular weight excluding hydrogens is 234 g/mol. The summed E-state index contributed by atoms with van der Waals surface area (Å²) in [4.78, 5) is 0. The van der Waals surface area contributed by atoms with E-state index >= 15 is 0 Å². The monoisotopic (exact) mass is 261 g/mol. The fraction of sp³-hybridized carbons (Fsp3) is 0.647. The van der Waals surface area contributed by atoms with E-state index in [1.165, 1.54) is 30.4 Å². The molecule has 0 radical (unpaired) electrons. The van der Waals surface area contributed by atoms with Crippen molar-refractivity contribution >= 4 is 0 Å². The maximum absolute atomic E-state index is 5.37. The van der Waals surface area contributed by atoms with Gasteiger partial charge in [-0.05, 0) is 54.9 Å². The number of rotatable bonds is 3. The van der Waals surface area contributed by atoms with Gasteiger partial charge in [0.25, 0.3) is 0 Å². The van der Waals surface area contributed by atoms with Gasteiger partial charge in [0.1, 0.15) is 5.75 Å². The van der Waals surface area contributed by atoms with Crippen LogP contribution in [0.4, 0.5) is 0 Å². The van der Waals surface area contributed by atoms with Gasteiger partial charge in [0, 0.05) is 12.1 Å². The van der Waals surface area contributed by atoms with Crippen molar-refractivity contribution in [3.05, 3.63) is 29.3 Å². The highest BCUT2D eigenvalue weighted by Crippen LogP contribution is 2.34. The lowest BCUT2D eigenvalue weighted by atomic mass is 9.83. The highest BCUT2D eigenvalue weighted by atomic mass is 16.5. The zero-order chi connectivity index (χ0) is 14.0. The second-order valence-corrected chi connectivity index (χ2v) is 6.76. The smallest absolute Gasteiger partial charge is 0.119 e. The lowest BCUT2D eigenvalue weighted by Gasteiger charge is -2.35. The lowest BCUT2D eigenvalue weighted by Crippen LogP contribution is -2.40. The summed E-state index contributed by atoms with van der Waals surface area (Å²) in [5.41, 5.74) is 3.20. The molecule has 0 fully saturated rings. The van der Waals surface area contributed by atoms with Crippen LogP contribution < -0.4 is 10.1 Å². The molecule has 2 nitrogen and oxygen atoms in total. The van der Waals surface area contributed by atoms with Gasteiger partial charge in [-0.15, -0.1) is 0 Å². The highest BCUT2D eigenvalue weighted by molar-refractivity contribution is 5.39. The normalized spacial score (nSPS) is 20.8. The van der Waals surface area contributed by atoms with Gasteiger partial charge in [0.05, 0.1) is 7.11 Å². The molecule has 2 rings (SSSR count). The molecule has 2 atom stereocenters. The Balaban J connectivity index is 2.21. The van der Waals surface area contributed by atoms with Crippen LogP contribution in [0.15, 0.2) is 18.2 Å². The molecule has 0 spiro atoms. The van der Waals surface area contributed by atoms with Crippen LogP contribution in [-0.2, 0) is 6.42 Å². The summed E-state index contributed by atoms with van der Waals surface area (Å²) in [6, 6.07) is 7.47. The number of hydrogen-bond donors (Lipinski definition) is 1. The van der Waals surface area contributed by atoms with E-state index < -0.39 is 0 Å². The Labute approximate surface area is 117 Å². The first-order chi connectivity index (χ1) is 8.91. The number of fused-ring (bicyclic) bond motifs is 1. The number of ether oxygens (including phenoxy) is 1. The van der Waals surface area contributed by atoms with E-state index in [2.05, 4.69) is 51.2 Å². The zero-order valence-corrected chi connectivity index (χ0v) is 12.9. The van der Waals surface area contributed by atoms with Crippen LogP contribution >= 0.6 is 0 Å². The second kappa shape index (κ2) is 5.54. The quantitative estimate of drug-likeness (QED) is 0.884. The van der Waals surface area contributed by atoms with Crippen LogP contribution in [0.1, 0.15) is 57.7 Å². The molecule has 1 N–H and O–H groups in total. The third-order valence-corrected chi connectivity index (χ3v) is 4.42. The van der Waals surface area contributed by atoms with Crippen molar-refractivity contribution in [3.8, 4) is 5.75 Å². The summed E-state index contributed by atoms with van der Waals surface area (Å²) in [6.45, 7) is 9.16. The molecule has 1 aliphatic rings. The van der Waals surface area contributed by atoms with Crippen LogP contribution in [0.2, 0.25) is 0 Å². The van der Waals surface area contributed by atoms with Gasteiger partial charge in [-0.3, -0.25) is 0 Å². The first-order valence-electron chi connectivity index (χ1n) is 7.34. The van der Waals surface area contributed by atoms with Crippen molar-refractivity contribution in [2.45, 2.75) is 59.0 Å². The van der Waals surface area contributed by atoms with Gasteiger partial charge in [0.2, 0.25) is 0 Å². The summed E-state index contributed by atoms with van der Waals surface area (Å²) >= 11 is 0. The Morgan fingerprint density at radius 3 is 2.68 bits per heavy atom. The van der Waals surface area contributed by atoms with E-state index in [9.17, 15) is 0 Å². The number of aryl methyl sites for hydroxylation is 1. The van der Waals surface area contributed by atoms with Crippen molar-refractivity contribution in [2.24, 2.45) is 5.41 Å². The SMILES string of the molecule is COc1ccc2c(c1)C(NC(C)C(C)(C)C)CCC2. The minimum atomic E-state index is 0.288. The maximum atomic E-state index is 5.37. The molecule has 1 aromatic carbocycles. The topological polar surface area (TPSA) is 21.3 Å². The first-order valence-corrected chi connectivity index (χ1v) is 7.34. The molecule has 1 aliphatic carbocycles. The van der Waals surface area contributed by atoms with Gasteiger partial charge in [-0.25, -0.2) is 0 Å². The minimum absolute atomic E-state index is 0.288. The standard InChI is InChI=1S/C17H27NO/c1-12(17(2,3)4)18-16-8-6-7-13-9-10-14(19-5)11-15(13)16/h9-12,16,18H,6-8H2,1-5H3. The predicted octanol–water partition coefficient (Wildman–Crippen LogP) is 4.10. The van der Waals surface area contributed by atoms with Crippen molar-refractivity contribution in [1.82, 2.24) is 5.32 Å². The van der Waals surface area contributed by atoms with Gasteiger partial charge in [-0.1, -0.05) is 26.8 Å². The summed E-state index contributed by atoms with van der Waals surface area (Å²) < 4.78 is 5.37. The summed E-state index contributed by atoms with van der Waals surface area (Å²) in [6.07, 6.45) is 3.69. The molecule has 0 saturated carbocycles. The molecule has 1 aromatic rings. The third kappa shape index (κ3) is 3.30. The third-order valence-electron chi connectivity index (χ3n) is 4.42. The van der Waals surface area contributed by atoms with E-state index in [0.29, 0.717) is 12.1 Å². The van der Waals surface area contributed by atoms with Crippen LogP contribution in [0.25, 0.3) is 0 Å². The van der Waals surface area contributed by atoms with Crippen LogP contribution in [0.5, 0.6) is 5.75 Å². The molecule has 106 valence electrons. The van der Waals surface area contributed by atoms with Crippen LogP contribution in [0, 0.1) is 5.41 Å². The molecule has 0 aromatic heterocycles. The van der Waals surface area contributed by atoms with Gasteiger partial charge < -0.3 is 10.1 Å². The summed E-state index contributed by atoms with van der Waals surface area (Å²) in [7, 11) is 1.74. The van der Waals surface area contributed by atoms with Gasteiger partial charge in [0.15, 0.2) is 0 Å². The van der Waals surface area contributed by atoms with Crippen molar-refractivity contribution in [2.75, 3.05) is 7.11 Å². The number of hydrogen-bond acceptors (Lipinski definition) is 2. The number of methoxy groups -OCH3 is 1. The van der Waals surface area contributed by atoms with E-state index in [0.717, 1.165) is 5.75 Å². The summed E-state index contributed by atoms with van der Waals surface area (Å²) in [5, 5.41) is 3.81. The minimum Gasteiger partial charge on any atom is -0.497 e. The van der Waals surface area contributed by atoms with E-state index in [1.807, 2.05) is 0 Å². The summed E-state index contributed by atoms with van der Waals surface area (Å²) in [5.74, 6) is 0.968. The average molecular weight is 261 g/mol. The van der Waals surface area contributed by atoms with E-state index in [4.69, 9.17) is 4.74 Å². The molecule has 2 heteroatoms. The Hall–Kier alpha value is -1.02. The molecule has 0 bridgehead atoms. The predicted molar refractivity (Wildman–Crippen MR) is 80.7 cm³/mol. The van der Waals surface area contributed by atoms with Crippen molar-refractivity contribution in [1.29, 1.82) is 0 Å². The second-order valence-electron chi connectivity index (χ2n) is 6.76. The molecule has 0 saturated heterocycles. The van der Waals surface area contributed by atoms with E-state index in [1.54, 1.807) is 7.11 Å². The van der Waals surface area contributed by atoms with Gasteiger partial charge >= 0.3 is 0 Å². The van der Waals surface area contributed by atoms with Crippen LogP contribution in [-0.4, -0.2) is 13.2 Å². The molecule has 19 heavy (non-hydrogen) atoms. The fourth-order valence-corrected chi connectivity index (χ4v) is 2.63. The van der Waals surface area contributed by atoms with Crippen molar-refractivity contribution < 1.29 is 4.74 Å². The Kier molecular flexibility index (Phi) is 4.19. The Bertz CT molecular complexity index is 433. The lowest BCUT2D eigenvalue weighted by molar-refractivity contribution is 0.253. The Morgan fingerprint density at radius 2 is 2.05 bits per heavy atom. The molecule has 0 heterocycles. The Morgan fingerprint density at radius 1 is 1.32 bits per heavy atom. The average Bonchev–Trinajstić information content (AvgIpc) is 2.37. The number of nitrogens with one attached hydrogen (secondary N) is 1. The molecule has 0 aliphatic heterocycles. The van der Waals surface area contributed by atoms with E-state index in [-0.39, 0.29) is 5.41 Å². The van der Waals surface area contributed by atoms with Crippen molar-refractivity contribution in [3.63, 3.8) is 0 Å².